The van der Waals surface area contributed by atoms with Crippen LogP contribution in [-0.2, 0) is 0 Å². The Morgan fingerprint density at radius 3 is 2.67 bits per heavy atom. The number of hydrogen-bond donors (Lipinski definition) is 1. The molecule has 1 heterocycles. The summed E-state index contributed by atoms with van der Waals surface area (Å²) in [5.74, 6) is 0.0976. The quantitative estimate of drug-likeness (QED) is 0.898. The van der Waals surface area contributed by atoms with Crippen LogP contribution in [0.4, 0.5) is 10.1 Å². The third-order valence-electron chi connectivity index (χ3n) is 2.97. The molecule has 2 aromatic carbocycles. The molecule has 108 valence electrons. The number of nitrogens with one attached hydrogen (secondary N) is 1. The second-order valence-electron chi connectivity index (χ2n) is 4.44. The third-order valence-corrected chi connectivity index (χ3v) is 3.47. The predicted molar refractivity (Wildman–Crippen MR) is 79.5 cm³/mol. The van der Waals surface area contributed by atoms with Crippen molar-refractivity contribution in [3.05, 3.63) is 52.3 Å². The van der Waals surface area contributed by atoms with E-state index in [1.54, 1.807) is 18.2 Å². The van der Waals surface area contributed by atoms with Gasteiger partial charge in [-0.3, -0.25) is 4.79 Å². The molecule has 21 heavy (non-hydrogen) atoms. The van der Waals surface area contributed by atoms with Gasteiger partial charge in [0.15, 0.2) is 11.5 Å². The average Bonchev–Trinajstić information content (AvgIpc) is 2.49. The summed E-state index contributed by atoms with van der Waals surface area (Å²) in [7, 11) is 0. The van der Waals surface area contributed by atoms with Crippen LogP contribution in [0.3, 0.4) is 0 Å². The number of rotatable bonds is 2. The molecule has 4 nitrogen and oxygen atoms in total. The zero-order valence-electron chi connectivity index (χ0n) is 10.9. The monoisotopic (exact) mass is 351 g/mol. The highest BCUT2D eigenvalue weighted by Crippen LogP contribution is 2.32. The molecule has 0 unspecified atom stereocenters. The maximum absolute atomic E-state index is 13.7. The molecule has 0 atom stereocenters. The van der Waals surface area contributed by atoms with Gasteiger partial charge in [0.25, 0.3) is 5.91 Å². The summed E-state index contributed by atoms with van der Waals surface area (Å²) >= 11 is 3.22. The first-order chi connectivity index (χ1) is 10.1. The summed E-state index contributed by atoms with van der Waals surface area (Å²) in [6.07, 6.45) is 0. The lowest BCUT2D eigenvalue weighted by molar-refractivity contribution is 0.102. The minimum Gasteiger partial charge on any atom is -0.486 e. The first-order valence-corrected chi connectivity index (χ1v) is 7.09. The number of halogens is 2. The minimum absolute atomic E-state index is 0.0285. The van der Waals surface area contributed by atoms with Crippen LogP contribution < -0.4 is 14.8 Å². The van der Waals surface area contributed by atoms with Gasteiger partial charge in [0.05, 0.1) is 5.56 Å². The van der Waals surface area contributed by atoms with Crippen molar-refractivity contribution >= 4 is 27.5 Å². The average molecular weight is 352 g/mol. The van der Waals surface area contributed by atoms with E-state index in [9.17, 15) is 9.18 Å². The van der Waals surface area contributed by atoms with Gasteiger partial charge in [0.2, 0.25) is 0 Å². The molecule has 3 rings (SSSR count). The van der Waals surface area contributed by atoms with E-state index in [1.165, 1.54) is 18.2 Å². The van der Waals surface area contributed by atoms with Crippen LogP contribution in [0.15, 0.2) is 40.9 Å². The van der Waals surface area contributed by atoms with Gasteiger partial charge < -0.3 is 14.8 Å². The van der Waals surface area contributed by atoms with Crippen LogP contribution in [0, 0.1) is 5.82 Å². The van der Waals surface area contributed by atoms with E-state index in [0.29, 0.717) is 34.9 Å². The summed E-state index contributed by atoms with van der Waals surface area (Å²) in [6.45, 7) is 0.965. The van der Waals surface area contributed by atoms with Gasteiger partial charge in [-0.1, -0.05) is 15.9 Å². The van der Waals surface area contributed by atoms with E-state index >= 15 is 0 Å². The van der Waals surface area contributed by atoms with Crippen molar-refractivity contribution in [2.75, 3.05) is 18.5 Å². The summed E-state index contributed by atoms with van der Waals surface area (Å²) in [5, 5.41) is 2.64. The standard InChI is InChI=1S/C15H11BrFNO3/c16-9-1-3-12(17)11(7-9)15(19)18-10-2-4-13-14(8-10)21-6-5-20-13/h1-4,7-8H,5-6H2,(H,18,19). The van der Waals surface area contributed by atoms with E-state index < -0.39 is 11.7 Å². The molecule has 0 saturated carbocycles. The summed E-state index contributed by atoms with van der Waals surface area (Å²) in [5.41, 5.74) is 0.489. The lowest BCUT2D eigenvalue weighted by atomic mass is 10.2. The largest absolute Gasteiger partial charge is 0.486 e. The molecule has 2 aromatic rings. The highest BCUT2D eigenvalue weighted by Gasteiger charge is 2.15. The second kappa shape index (κ2) is 5.73. The van der Waals surface area contributed by atoms with Crippen LogP contribution >= 0.6 is 15.9 Å². The number of hydrogen-bond acceptors (Lipinski definition) is 3. The summed E-state index contributed by atoms with van der Waals surface area (Å²) in [6, 6.07) is 9.26. The van der Waals surface area contributed by atoms with Gasteiger partial charge in [-0.25, -0.2) is 4.39 Å². The van der Waals surface area contributed by atoms with Crippen LogP contribution in [0.25, 0.3) is 0 Å². The van der Waals surface area contributed by atoms with Crippen molar-refractivity contribution in [1.82, 2.24) is 0 Å². The molecule has 0 saturated heterocycles. The number of carbonyl (C=O) groups is 1. The molecule has 1 aliphatic rings. The molecule has 6 heteroatoms. The molecular formula is C15H11BrFNO3. The van der Waals surface area contributed by atoms with Crippen molar-refractivity contribution in [2.45, 2.75) is 0 Å². The molecule has 1 amide bonds. The number of ether oxygens (including phenoxy) is 2. The zero-order chi connectivity index (χ0) is 14.8. The van der Waals surface area contributed by atoms with Crippen LogP contribution in [0.5, 0.6) is 11.5 Å². The van der Waals surface area contributed by atoms with Crippen LogP contribution in [-0.4, -0.2) is 19.1 Å². The van der Waals surface area contributed by atoms with Crippen LogP contribution in [0.2, 0.25) is 0 Å². The van der Waals surface area contributed by atoms with E-state index in [0.717, 1.165) is 0 Å². The number of amides is 1. The maximum atomic E-state index is 13.7. The number of benzene rings is 2. The Hall–Kier alpha value is -2.08. The Balaban J connectivity index is 1.83. The fourth-order valence-electron chi connectivity index (χ4n) is 1.99. The van der Waals surface area contributed by atoms with Crippen molar-refractivity contribution in [1.29, 1.82) is 0 Å². The summed E-state index contributed by atoms with van der Waals surface area (Å²) < 4.78 is 25.1. The molecule has 0 radical (unpaired) electrons. The van der Waals surface area contributed by atoms with Gasteiger partial charge >= 0.3 is 0 Å². The molecule has 0 aromatic heterocycles. The maximum Gasteiger partial charge on any atom is 0.258 e. The van der Waals surface area contributed by atoms with E-state index in [-0.39, 0.29) is 5.56 Å². The number of anilines is 1. The Kier molecular flexibility index (Phi) is 3.79. The molecule has 0 fully saturated rings. The smallest absolute Gasteiger partial charge is 0.258 e. The fraction of sp³-hybridized carbons (Fsp3) is 0.133. The second-order valence-corrected chi connectivity index (χ2v) is 5.35. The fourth-order valence-corrected chi connectivity index (χ4v) is 2.35. The Morgan fingerprint density at radius 1 is 1.10 bits per heavy atom. The van der Waals surface area contributed by atoms with E-state index in [2.05, 4.69) is 21.2 Å². The molecule has 1 N–H and O–H groups in total. The Bertz CT molecular complexity index is 705. The van der Waals surface area contributed by atoms with E-state index in [4.69, 9.17) is 9.47 Å². The zero-order valence-corrected chi connectivity index (χ0v) is 12.4. The van der Waals surface area contributed by atoms with Crippen molar-refractivity contribution in [2.24, 2.45) is 0 Å². The highest BCUT2D eigenvalue weighted by atomic mass is 79.9. The lowest BCUT2D eigenvalue weighted by Gasteiger charge is -2.19. The molecular weight excluding hydrogens is 341 g/mol. The highest BCUT2D eigenvalue weighted by molar-refractivity contribution is 9.10. The van der Waals surface area contributed by atoms with Gasteiger partial charge in [-0.05, 0) is 30.3 Å². The minimum atomic E-state index is -0.576. The van der Waals surface area contributed by atoms with Gasteiger partial charge in [0.1, 0.15) is 19.0 Å². The molecule has 0 aliphatic carbocycles. The van der Waals surface area contributed by atoms with Gasteiger partial charge in [-0.15, -0.1) is 0 Å². The summed E-state index contributed by atoms with van der Waals surface area (Å²) in [4.78, 5) is 12.1. The normalized spacial score (nSPS) is 12.9. The SMILES string of the molecule is O=C(Nc1ccc2c(c1)OCCO2)c1cc(Br)ccc1F. The topological polar surface area (TPSA) is 47.6 Å². The van der Waals surface area contributed by atoms with Crippen molar-refractivity contribution < 1.29 is 18.7 Å². The van der Waals surface area contributed by atoms with Crippen molar-refractivity contribution in [3.63, 3.8) is 0 Å². The first-order valence-electron chi connectivity index (χ1n) is 6.29. The third kappa shape index (κ3) is 3.00. The first kappa shape index (κ1) is 13.9. The molecule has 0 spiro atoms. The lowest BCUT2D eigenvalue weighted by Crippen LogP contribution is -2.17. The predicted octanol–water partition coefficient (Wildman–Crippen LogP) is 3.61. The Labute approximate surface area is 129 Å². The van der Waals surface area contributed by atoms with Crippen molar-refractivity contribution in [3.8, 4) is 11.5 Å². The molecule has 1 aliphatic heterocycles. The Morgan fingerprint density at radius 2 is 1.86 bits per heavy atom. The van der Waals surface area contributed by atoms with Gasteiger partial charge in [0, 0.05) is 16.2 Å². The molecule has 0 bridgehead atoms. The van der Waals surface area contributed by atoms with Gasteiger partial charge in [-0.2, -0.15) is 0 Å². The van der Waals surface area contributed by atoms with Crippen LogP contribution in [0.1, 0.15) is 10.4 Å². The number of carbonyl (C=O) groups excluding carboxylic acids is 1. The number of fused-ring (bicyclic) bond motifs is 1. The van der Waals surface area contributed by atoms with E-state index in [1.807, 2.05) is 0 Å².